The SMILES string of the molecule is COc1cccc(NC(=O)C[NH+](C)CC(=O)Nc2cccc(OC)c2)c1. The Balaban J connectivity index is 1.81. The number of carbonyl (C=O) groups excluding carboxylic acids is 2. The Morgan fingerprint density at radius 3 is 1.65 bits per heavy atom. The lowest BCUT2D eigenvalue weighted by molar-refractivity contribution is -0.862. The highest BCUT2D eigenvalue weighted by molar-refractivity contribution is 5.93. The molecule has 7 nitrogen and oxygen atoms in total. The van der Waals surface area contributed by atoms with Crippen LogP contribution in [0, 0.1) is 0 Å². The van der Waals surface area contributed by atoms with Gasteiger partial charge in [-0.15, -0.1) is 0 Å². The van der Waals surface area contributed by atoms with E-state index in [4.69, 9.17) is 9.47 Å². The second-order valence-electron chi connectivity index (χ2n) is 5.87. The summed E-state index contributed by atoms with van der Waals surface area (Å²) >= 11 is 0. The fraction of sp³-hybridized carbons (Fsp3) is 0.263. The molecule has 0 bridgehead atoms. The fourth-order valence-electron chi connectivity index (χ4n) is 2.42. The van der Waals surface area contributed by atoms with Crippen LogP contribution in [-0.2, 0) is 9.59 Å². The number of quaternary nitrogens is 1. The summed E-state index contributed by atoms with van der Waals surface area (Å²) in [6.45, 7) is 0.339. The van der Waals surface area contributed by atoms with Gasteiger partial charge in [-0.3, -0.25) is 9.59 Å². The van der Waals surface area contributed by atoms with Gasteiger partial charge in [-0.1, -0.05) is 12.1 Å². The van der Waals surface area contributed by atoms with Gasteiger partial charge in [-0.05, 0) is 24.3 Å². The first-order valence-corrected chi connectivity index (χ1v) is 8.19. The second-order valence-corrected chi connectivity index (χ2v) is 5.87. The zero-order chi connectivity index (χ0) is 18.9. The van der Waals surface area contributed by atoms with Crippen LogP contribution in [-0.4, -0.2) is 46.2 Å². The van der Waals surface area contributed by atoms with Crippen LogP contribution < -0.4 is 25.0 Å². The molecule has 0 saturated carbocycles. The number of ether oxygens (including phenoxy) is 2. The van der Waals surface area contributed by atoms with Gasteiger partial charge < -0.3 is 25.0 Å². The molecule has 0 heterocycles. The van der Waals surface area contributed by atoms with Gasteiger partial charge in [0.1, 0.15) is 11.5 Å². The Bertz CT molecular complexity index is 700. The van der Waals surface area contributed by atoms with Crippen molar-refractivity contribution in [1.82, 2.24) is 0 Å². The number of carbonyl (C=O) groups is 2. The van der Waals surface area contributed by atoms with Gasteiger partial charge in [0.2, 0.25) is 0 Å². The van der Waals surface area contributed by atoms with E-state index in [1.165, 1.54) is 0 Å². The summed E-state index contributed by atoms with van der Waals surface area (Å²) in [6, 6.07) is 14.2. The van der Waals surface area contributed by atoms with Crippen molar-refractivity contribution in [3.63, 3.8) is 0 Å². The van der Waals surface area contributed by atoms with E-state index < -0.39 is 0 Å². The van der Waals surface area contributed by atoms with Crippen LogP contribution in [0.5, 0.6) is 11.5 Å². The van der Waals surface area contributed by atoms with Gasteiger partial charge in [0.05, 0.1) is 21.3 Å². The molecule has 0 fully saturated rings. The van der Waals surface area contributed by atoms with E-state index in [-0.39, 0.29) is 24.9 Å². The van der Waals surface area contributed by atoms with Gasteiger partial charge in [-0.25, -0.2) is 0 Å². The van der Waals surface area contributed by atoms with Crippen LogP contribution in [0.1, 0.15) is 0 Å². The molecule has 2 rings (SSSR count). The number of amides is 2. The molecule has 0 radical (unpaired) electrons. The normalized spacial score (nSPS) is 10.3. The van der Waals surface area contributed by atoms with E-state index >= 15 is 0 Å². The molecular formula is C19H24N3O4+. The molecule has 3 N–H and O–H groups in total. The predicted octanol–water partition coefficient (Wildman–Crippen LogP) is 0.796. The van der Waals surface area contributed by atoms with Crippen LogP contribution in [0.15, 0.2) is 48.5 Å². The largest absolute Gasteiger partial charge is 0.497 e. The van der Waals surface area contributed by atoms with Crippen LogP contribution in [0.2, 0.25) is 0 Å². The molecule has 0 aliphatic carbocycles. The van der Waals surface area contributed by atoms with E-state index in [2.05, 4.69) is 10.6 Å². The smallest absolute Gasteiger partial charge is 0.279 e. The first-order chi connectivity index (χ1) is 12.5. The summed E-state index contributed by atoms with van der Waals surface area (Å²) in [6.07, 6.45) is 0. The molecule has 26 heavy (non-hydrogen) atoms. The summed E-state index contributed by atoms with van der Waals surface area (Å²) in [7, 11) is 4.93. The van der Waals surface area contributed by atoms with Gasteiger partial charge in [-0.2, -0.15) is 0 Å². The first-order valence-electron chi connectivity index (χ1n) is 8.19. The Morgan fingerprint density at radius 2 is 1.27 bits per heavy atom. The number of rotatable bonds is 8. The molecule has 0 aromatic heterocycles. The molecular weight excluding hydrogens is 334 g/mol. The lowest BCUT2D eigenvalue weighted by atomic mass is 10.3. The van der Waals surface area contributed by atoms with Gasteiger partial charge in [0.25, 0.3) is 11.8 Å². The molecule has 7 heteroatoms. The zero-order valence-electron chi connectivity index (χ0n) is 15.2. The van der Waals surface area contributed by atoms with Gasteiger partial charge >= 0.3 is 0 Å². The van der Waals surface area contributed by atoms with E-state index in [1.54, 1.807) is 69.8 Å². The van der Waals surface area contributed by atoms with Crippen molar-refractivity contribution in [2.75, 3.05) is 45.0 Å². The Morgan fingerprint density at radius 1 is 0.846 bits per heavy atom. The maximum absolute atomic E-state index is 12.1. The number of anilines is 2. The minimum absolute atomic E-state index is 0.169. The molecule has 0 spiro atoms. The van der Waals surface area contributed by atoms with Crippen LogP contribution in [0.4, 0.5) is 11.4 Å². The van der Waals surface area contributed by atoms with Crippen LogP contribution >= 0.6 is 0 Å². The topological polar surface area (TPSA) is 81.1 Å². The summed E-state index contributed by atoms with van der Waals surface area (Å²) in [4.78, 5) is 25.0. The minimum atomic E-state index is -0.176. The third kappa shape index (κ3) is 6.10. The molecule has 0 saturated heterocycles. The lowest BCUT2D eigenvalue weighted by Gasteiger charge is -2.14. The fourth-order valence-corrected chi connectivity index (χ4v) is 2.42. The molecule has 0 aliphatic rings. The van der Waals surface area contributed by atoms with Crippen molar-refractivity contribution >= 4 is 23.2 Å². The van der Waals surface area contributed by atoms with Gasteiger partial charge in [0.15, 0.2) is 13.1 Å². The average molecular weight is 358 g/mol. The van der Waals surface area contributed by atoms with Crippen molar-refractivity contribution in [2.45, 2.75) is 0 Å². The lowest BCUT2D eigenvalue weighted by Crippen LogP contribution is -3.11. The van der Waals surface area contributed by atoms with Crippen molar-refractivity contribution in [3.8, 4) is 11.5 Å². The standard InChI is InChI=1S/C19H23N3O4/c1-22(12-18(23)20-14-6-4-8-16(10-14)25-2)13-19(24)21-15-7-5-9-17(11-15)26-3/h4-11H,12-13H2,1-3H3,(H,20,23)(H,21,24)/p+1. The molecule has 0 aliphatic heterocycles. The summed E-state index contributed by atoms with van der Waals surface area (Å²) in [5.74, 6) is 0.984. The predicted molar refractivity (Wildman–Crippen MR) is 99.9 cm³/mol. The molecule has 2 aromatic carbocycles. The van der Waals surface area contributed by atoms with Crippen molar-refractivity contribution in [2.24, 2.45) is 0 Å². The molecule has 2 amide bonds. The highest BCUT2D eigenvalue weighted by Gasteiger charge is 2.15. The molecule has 0 atom stereocenters. The maximum atomic E-state index is 12.1. The molecule has 138 valence electrons. The minimum Gasteiger partial charge on any atom is -0.497 e. The van der Waals surface area contributed by atoms with E-state index in [9.17, 15) is 9.59 Å². The summed E-state index contributed by atoms with van der Waals surface area (Å²) in [5.41, 5.74) is 1.31. The number of hydrogen-bond donors (Lipinski definition) is 3. The summed E-state index contributed by atoms with van der Waals surface area (Å²) < 4.78 is 10.2. The van der Waals surface area contributed by atoms with Crippen LogP contribution in [0.25, 0.3) is 0 Å². The number of methoxy groups -OCH3 is 2. The van der Waals surface area contributed by atoms with E-state index in [1.807, 2.05) is 0 Å². The van der Waals surface area contributed by atoms with Gasteiger partial charge in [0, 0.05) is 23.5 Å². The molecule has 0 unspecified atom stereocenters. The number of benzene rings is 2. The van der Waals surface area contributed by atoms with Crippen molar-refractivity contribution in [1.29, 1.82) is 0 Å². The molecule has 2 aromatic rings. The Hall–Kier alpha value is -3.06. The highest BCUT2D eigenvalue weighted by Crippen LogP contribution is 2.17. The monoisotopic (exact) mass is 358 g/mol. The second kappa shape index (κ2) is 9.43. The van der Waals surface area contributed by atoms with E-state index in [0.717, 1.165) is 4.90 Å². The number of likely N-dealkylation sites (N-methyl/N-ethyl adjacent to an activating group) is 1. The maximum Gasteiger partial charge on any atom is 0.279 e. The quantitative estimate of drug-likeness (QED) is 0.652. The Labute approximate surface area is 152 Å². The van der Waals surface area contributed by atoms with Crippen molar-refractivity contribution < 1.29 is 24.0 Å². The number of hydrogen-bond acceptors (Lipinski definition) is 4. The van der Waals surface area contributed by atoms with E-state index in [0.29, 0.717) is 22.9 Å². The third-order valence-corrected chi connectivity index (χ3v) is 3.63. The highest BCUT2D eigenvalue weighted by atomic mass is 16.5. The Kier molecular flexibility index (Phi) is 6.99. The number of nitrogens with one attached hydrogen (secondary N) is 3. The van der Waals surface area contributed by atoms with Crippen molar-refractivity contribution in [3.05, 3.63) is 48.5 Å². The summed E-state index contributed by atoms with van der Waals surface area (Å²) in [5, 5.41) is 5.60. The van der Waals surface area contributed by atoms with Crippen LogP contribution in [0.3, 0.4) is 0 Å². The third-order valence-electron chi connectivity index (χ3n) is 3.63. The zero-order valence-corrected chi connectivity index (χ0v) is 15.2. The first kappa shape index (κ1) is 19.3. The average Bonchev–Trinajstić information content (AvgIpc) is 2.61.